The number of rotatable bonds is 4. The van der Waals surface area contributed by atoms with Crippen molar-refractivity contribution in [1.82, 2.24) is 19.9 Å². The third-order valence-electron chi connectivity index (χ3n) is 4.01. The van der Waals surface area contributed by atoms with Gasteiger partial charge in [0.1, 0.15) is 16.3 Å². The largest absolute Gasteiger partial charge is 0.395 e. The molecule has 0 aromatic carbocycles. The average Bonchev–Trinajstić information content (AvgIpc) is 2.99. The number of thiophene rings is 1. The third-order valence-corrected chi connectivity index (χ3v) is 5.20. The van der Waals surface area contributed by atoms with Gasteiger partial charge in [-0.25, -0.2) is 15.0 Å². The lowest BCUT2D eigenvalue weighted by atomic mass is 9.97. The number of hydrogen-bond acceptors (Lipinski definition) is 7. The summed E-state index contributed by atoms with van der Waals surface area (Å²) in [5, 5.41) is 13.5. The second-order valence-electron chi connectivity index (χ2n) is 5.53. The molecule has 3 aromatic heterocycles. The first-order chi connectivity index (χ1) is 11.4. The van der Waals surface area contributed by atoms with Gasteiger partial charge in [-0.2, -0.15) is 0 Å². The van der Waals surface area contributed by atoms with Crippen LogP contribution in [0.5, 0.6) is 0 Å². The minimum absolute atomic E-state index is 0.0678. The summed E-state index contributed by atoms with van der Waals surface area (Å²) in [6.07, 6.45) is 9.60. The lowest BCUT2D eigenvalue weighted by Gasteiger charge is -2.12. The predicted molar refractivity (Wildman–Crippen MR) is 90.7 cm³/mol. The summed E-state index contributed by atoms with van der Waals surface area (Å²) < 4.78 is 0. The van der Waals surface area contributed by atoms with Crippen molar-refractivity contribution < 1.29 is 5.11 Å². The highest BCUT2D eigenvalue weighted by molar-refractivity contribution is 7.19. The molecule has 3 aromatic rings. The molecule has 1 aliphatic rings. The Hall–Kier alpha value is -2.12. The normalized spacial score (nSPS) is 14.0. The van der Waals surface area contributed by atoms with Crippen molar-refractivity contribution in [2.45, 2.75) is 25.7 Å². The number of aliphatic hydroxyl groups is 1. The topological polar surface area (TPSA) is 83.8 Å². The van der Waals surface area contributed by atoms with Crippen molar-refractivity contribution in [3.63, 3.8) is 0 Å². The molecule has 23 heavy (non-hydrogen) atoms. The third kappa shape index (κ3) is 2.66. The Kier molecular flexibility index (Phi) is 3.88. The molecule has 0 radical (unpaired) electrons. The van der Waals surface area contributed by atoms with E-state index in [4.69, 9.17) is 10.1 Å². The number of nitrogens with zero attached hydrogens (tertiary/aromatic N) is 4. The van der Waals surface area contributed by atoms with Gasteiger partial charge in [0.15, 0.2) is 5.82 Å². The maximum atomic E-state index is 9.15. The van der Waals surface area contributed by atoms with Gasteiger partial charge in [0, 0.05) is 23.8 Å². The molecule has 0 fully saturated rings. The molecule has 3 heterocycles. The number of nitrogens with one attached hydrogen (secondary N) is 1. The Balaban J connectivity index is 1.90. The first-order valence-electron chi connectivity index (χ1n) is 7.80. The van der Waals surface area contributed by atoms with E-state index in [1.165, 1.54) is 23.3 Å². The minimum Gasteiger partial charge on any atom is -0.395 e. The quantitative estimate of drug-likeness (QED) is 0.766. The summed E-state index contributed by atoms with van der Waals surface area (Å²) in [4.78, 5) is 20.2. The first kappa shape index (κ1) is 14.5. The Morgan fingerprint density at radius 1 is 1.17 bits per heavy atom. The molecule has 7 heteroatoms. The molecule has 6 nitrogen and oxygen atoms in total. The van der Waals surface area contributed by atoms with Crippen LogP contribution in [0, 0.1) is 0 Å². The lowest BCUT2D eigenvalue weighted by molar-refractivity contribution is 0.311. The molecule has 0 unspecified atom stereocenters. The Labute approximate surface area is 137 Å². The zero-order chi connectivity index (χ0) is 15.6. The Morgan fingerprint density at radius 3 is 2.91 bits per heavy atom. The highest BCUT2D eigenvalue weighted by Gasteiger charge is 2.21. The highest BCUT2D eigenvalue weighted by atomic mass is 32.1. The predicted octanol–water partition coefficient (Wildman–Crippen LogP) is 2.43. The monoisotopic (exact) mass is 327 g/mol. The lowest BCUT2D eigenvalue weighted by Crippen LogP contribution is -2.09. The van der Waals surface area contributed by atoms with Crippen LogP contribution in [0.4, 0.5) is 5.82 Å². The zero-order valence-electron chi connectivity index (χ0n) is 12.6. The summed E-state index contributed by atoms with van der Waals surface area (Å²) >= 11 is 1.75. The standard InChI is InChI=1S/C16H17N5OS/c22-8-7-19-15-13-10-3-1-2-4-12(10)23-16(13)21-14(20-15)11-9-17-5-6-18-11/h5-6,9,22H,1-4,7-8H2,(H,19,20,21). The number of anilines is 1. The molecule has 0 aliphatic heterocycles. The molecule has 0 saturated carbocycles. The Bertz CT molecular complexity index is 833. The van der Waals surface area contributed by atoms with Gasteiger partial charge in [-0.3, -0.25) is 4.98 Å². The molecule has 4 rings (SSSR count). The van der Waals surface area contributed by atoms with E-state index in [1.807, 2.05) is 0 Å². The van der Waals surface area contributed by atoms with Crippen LogP contribution in [0.2, 0.25) is 0 Å². The van der Waals surface area contributed by atoms with E-state index in [9.17, 15) is 0 Å². The van der Waals surface area contributed by atoms with Crippen LogP contribution in [0.25, 0.3) is 21.7 Å². The fourth-order valence-electron chi connectivity index (χ4n) is 2.99. The van der Waals surface area contributed by atoms with E-state index >= 15 is 0 Å². The van der Waals surface area contributed by atoms with Crippen LogP contribution in [0.15, 0.2) is 18.6 Å². The van der Waals surface area contributed by atoms with E-state index in [-0.39, 0.29) is 6.61 Å². The van der Waals surface area contributed by atoms with E-state index in [0.717, 1.165) is 28.9 Å². The van der Waals surface area contributed by atoms with Crippen LogP contribution in [0.1, 0.15) is 23.3 Å². The Morgan fingerprint density at radius 2 is 2.09 bits per heavy atom. The van der Waals surface area contributed by atoms with Crippen LogP contribution < -0.4 is 5.32 Å². The number of aromatic nitrogens is 4. The maximum Gasteiger partial charge on any atom is 0.183 e. The molecule has 0 spiro atoms. The molecule has 0 bridgehead atoms. The second kappa shape index (κ2) is 6.17. The fraction of sp³-hybridized carbons (Fsp3) is 0.375. The van der Waals surface area contributed by atoms with Gasteiger partial charge in [-0.1, -0.05) is 0 Å². The second-order valence-corrected chi connectivity index (χ2v) is 6.61. The van der Waals surface area contributed by atoms with Gasteiger partial charge in [-0.15, -0.1) is 11.3 Å². The summed E-state index contributed by atoms with van der Waals surface area (Å²) in [7, 11) is 0. The summed E-state index contributed by atoms with van der Waals surface area (Å²) in [5.41, 5.74) is 2.04. The number of fused-ring (bicyclic) bond motifs is 3. The van der Waals surface area contributed by atoms with Crippen LogP contribution in [-0.2, 0) is 12.8 Å². The number of aryl methyl sites for hydroxylation is 2. The molecule has 0 atom stereocenters. The molecule has 0 saturated heterocycles. The molecule has 2 N–H and O–H groups in total. The number of aliphatic hydroxyl groups excluding tert-OH is 1. The average molecular weight is 327 g/mol. The van der Waals surface area contributed by atoms with Gasteiger partial charge in [0.05, 0.1) is 18.2 Å². The fourth-order valence-corrected chi connectivity index (χ4v) is 4.25. The van der Waals surface area contributed by atoms with E-state index in [1.54, 1.807) is 29.9 Å². The van der Waals surface area contributed by atoms with E-state index < -0.39 is 0 Å². The zero-order valence-corrected chi connectivity index (χ0v) is 13.4. The van der Waals surface area contributed by atoms with Crippen LogP contribution in [0.3, 0.4) is 0 Å². The van der Waals surface area contributed by atoms with Gasteiger partial charge < -0.3 is 10.4 Å². The summed E-state index contributed by atoms with van der Waals surface area (Å²) in [5.74, 6) is 1.37. The molecule has 0 amide bonds. The molecule has 1 aliphatic carbocycles. The summed E-state index contributed by atoms with van der Waals surface area (Å²) in [6.45, 7) is 0.537. The summed E-state index contributed by atoms with van der Waals surface area (Å²) in [6, 6.07) is 0. The highest BCUT2D eigenvalue weighted by Crippen LogP contribution is 2.39. The van der Waals surface area contributed by atoms with Crippen LogP contribution >= 0.6 is 11.3 Å². The van der Waals surface area contributed by atoms with E-state index in [2.05, 4.69) is 20.3 Å². The van der Waals surface area contributed by atoms with Gasteiger partial charge >= 0.3 is 0 Å². The van der Waals surface area contributed by atoms with Gasteiger partial charge in [0.2, 0.25) is 0 Å². The van der Waals surface area contributed by atoms with Crippen molar-refractivity contribution in [3.05, 3.63) is 29.0 Å². The SMILES string of the molecule is OCCNc1nc(-c2cnccn2)nc2sc3c(c12)CCCC3. The van der Waals surface area contributed by atoms with Crippen molar-refractivity contribution in [2.75, 3.05) is 18.5 Å². The van der Waals surface area contributed by atoms with Crippen molar-refractivity contribution in [3.8, 4) is 11.5 Å². The van der Waals surface area contributed by atoms with Gasteiger partial charge in [-0.05, 0) is 31.2 Å². The smallest absolute Gasteiger partial charge is 0.183 e. The molecular weight excluding hydrogens is 310 g/mol. The molecular formula is C16H17N5OS. The number of hydrogen-bond donors (Lipinski definition) is 2. The van der Waals surface area contributed by atoms with Crippen molar-refractivity contribution in [1.29, 1.82) is 0 Å². The van der Waals surface area contributed by atoms with Crippen LogP contribution in [-0.4, -0.2) is 38.2 Å². The maximum absolute atomic E-state index is 9.15. The van der Waals surface area contributed by atoms with Crippen molar-refractivity contribution >= 4 is 27.4 Å². The molecule has 118 valence electrons. The van der Waals surface area contributed by atoms with E-state index in [0.29, 0.717) is 18.1 Å². The van der Waals surface area contributed by atoms with Gasteiger partial charge in [0.25, 0.3) is 0 Å². The first-order valence-corrected chi connectivity index (χ1v) is 8.62. The minimum atomic E-state index is 0.0678. The van der Waals surface area contributed by atoms with Crippen molar-refractivity contribution in [2.24, 2.45) is 0 Å².